The highest BCUT2D eigenvalue weighted by molar-refractivity contribution is 5.98. The van der Waals surface area contributed by atoms with Gasteiger partial charge in [0, 0.05) is 5.92 Å². The first-order valence-electron chi connectivity index (χ1n) is 7.16. The molecule has 1 heterocycles. The van der Waals surface area contributed by atoms with Crippen molar-refractivity contribution >= 4 is 11.8 Å². The monoisotopic (exact) mass is 252 g/mol. The van der Waals surface area contributed by atoms with Crippen molar-refractivity contribution in [3.8, 4) is 0 Å². The van der Waals surface area contributed by atoms with Gasteiger partial charge >= 0.3 is 0 Å². The van der Waals surface area contributed by atoms with E-state index >= 15 is 0 Å². The Bertz CT molecular complexity index is 328. The molecular weight excluding hydrogens is 228 g/mol. The maximum Gasteiger partial charge on any atom is 0.243 e. The van der Waals surface area contributed by atoms with Crippen molar-refractivity contribution in [3.63, 3.8) is 0 Å². The molecule has 0 spiro atoms. The summed E-state index contributed by atoms with van der Waals surface area (Å²) in [6.07, 6.45) is 6.04. The first-order chi connectivity index (χ1) is 8.58. The molecule has 4 heteroatoms. The molecule has 0 bridgehead atoms. The van der Waals surface area contributed by atoms with Gasteiger partial charge in [0.15, 0.2) is 0 Å². The Morgan fingerprint density at radius 1 is 1.17 bits per heavy atom. The van der Waals surface area contributed by atoms with Gasteiger partial charge in [-0.25, -0.2) is 0 Å². The summed E-state index contributed by atoms with van der Waals surface area (Å²) in [4.78, 5) is 23.5. The van der Waals surface area contributed by atoms with Crippen LogP contribution in [0.2, 0.25) is 0 Å². The Morgan fingerprint density at radius 2 is 1.83 bits per heavy atom. The number of piperidine rings is 1. The van der Waals surface area contributed by atoms with Crippen LogP contribution in [0.1, 0.15) is 46.0 Å². The van der Waals surface area contributed by atoms with E-state index in [0.717, 1.165) is 18.9 Å². The van der Waals surface area contributed by atoms with Crippen molar-refractivity contribution in [3.05, 3.63) is 0 Å². The van der Waals surface area contributed by atoms with Gasteiger partial charge in [0.2, 0.25) is 11.8 Å². The lowest BCUT2D eigenvalue weighted by molar-refractivity contribution is -0.134. The summed E-state index contributed by atoms with van der Waals surface area (Å²) in [5.41, 5.74) is 0. The van der Waals surface area contributed by atoms with E-state index in [0.29, 0.717) is 5.92 Å². The number of carbonyl (C=O) groups is 2. The predicted molar refractivity (Wildman–Crippen MR) is 69.8 cm³/mol. The smallest absolute Gasteiger partial charge is 0.243 e. The van der Waals surface area contributed by atoms with E-state index in [1.165, 1.54) is 25.7 Å². The van der Waals surface area contributed by atoms with E-state index in [2.05, 4.69) is 10.6 Å². The lowest BCUT2D eigenvalue weighted by Gasteiger charge is -2.39. The molecule has 1 saturated heterocycles. The van der Waals surface area contributed by atoms with Gasteiger partial charge in [-0.2, -0.15) is 0 Å². The van der Waals surface area contributed by atoms with Crippen molar-refractivity contribution in [2.45, 2.75) is 52.0 Å². The number of amides is 2. The van der Waals surface area contributed by atoms with Gasteiger partial charge in [-0.15, -0.1) is 0 Å². The summed E-state index contributed by atoms with van der Waals surface area (Å²) in [6.45, 7) is 4.53. The highest BCUT2D eigenvalue weighted by atomic mass is 16.2. The van der Waals surface area contributed by atoms with E-state index in [-0.39, 0.29) is 23.8 Å². The summed E-state index contributed by atoms with van der Waals surface area (Å²) >= 11 is 0. The molecule has 0 aromatic heterocycles. The van der Waals surface area contributed by atoms with Crippen LogP contribution in [0.15, 0.2) is 0 Å². The van der Waals surface area contributed by atoms with Crippen LogP contribution in [-0.4, -0.2) is 24.4 Å². The third-order valence-corrected chi connectivity index (χ3v) is 4.32. The minimum atomic E-state index is -0.174. The molecule has 3 atom stereocenters. The van der Waals surface area contributed by atoms with Gasteiger partial charge in [0.25, 0.3) is 0 Å². The third-order valence-electron chi connectivity index (χ3n) is 4.32. The average Bonchev–Trinajstić information content (AvgIpc) is 2.37. The molecule has 0 aromatic rings. The quantitative estimate of drug-likeness (QED) is 0.782. The molecule has 2 amide bonds. The molecule has 2 fully saturated rings. The average molecular weight is 252 g/mol. The number of fused-ring (bicyclic) bond motifs is 1. The van der Waals surface area contributed by atoms with Crippen LogP contribution in [0.3, 0.4) is 0 Å². The first kappa shape index (κ1) is 13.5. The SMILES string of the molecule is CC(C)C(=O)NC(=O)[C@@H]1CC2CCCCC2CN1. The van der Waals surface area contributed by atoms with Crippen LogP contribution in [-0.2, 0) is 9.59 Å². The largest absolute Gasteiger partial charge is 0.306 e. The predicted octanol–water partition coefficient (Wildman–Crippen LogP) is 1.45. The Labute approximate surface area is 109 Å². The second kappa shape index (κ2) is 5.83. The van der Waals surface area contributed by atoms with Crippen LogP contribution < -0.4 is 10.6 Å². The molecule has 0 aromatic carbocycles. The number of hydrogen-bond donors (Lipinski definition) is 2. The summed E-state index contributed by atoms with van der Waals surface area (Å²) in [5.74, 6) is 0.957. The highest BCUT2D eigenvalue weighted by Crippen LogP contribution is 2.35. The number of hydrogen-bond acceptors (Lipinski definition) is 3. The molecule has 2 rings (SSSR count). The zero-order chi connectivity index (χ0) is 13.1. The fourth-order valence-corrected chi connectivity index (χ4v) is 3.10. The van der Waals surface area contributed by atoms with Crippen molar-refractivity contribution in [2.75, 3.05) is 6.54 Å². The summed E-state index contributed by atoms with van der Waals surface area (Å²) in [5, 5.41) is 5.80. The minimum absolute atomic E-state index is 0.139. The number of rotatable bonds is 2. The molecular formula is C14H24N2O2. The lowest BCUT2D eigenvalue weighted by Crippen LogP contribution is -2.53. The molecule has 4 nitrogen and oxygen atoms in total. The maximum atomic E-state index is 12.0. The topological polar surface area (TPSA) is 58.2 Å². The normalized spacial score (nSPS) is 31.8. The van der Waals surface area contributed by atoms with Crippen LogP contribution in [0.25, 0.3) is 0 Å². The van der Waals surface area contributed by atoms with E-state index in [4.69, 9.17) is 0 Å². The molecule has 2 unspecified atom stereocenters. The molecule has 2 N–H and O–H groups in total. The summed E-state index contributed by atoms with van der Waals surface area (Å²) in [7, 11) is 0. The van der Waals surface area contributed by atoms with Gasteiger partial charge in [0.1, 0.15) is 0 Å². The third kappa shape index (κ3) is 3.10. The standard InChI is InChI=1S/C14H24N2O2/c1-9(2)13(17)16-14(18)12-7-10-5-3-4-6-11(10)8-15-12/h9-12,15H,3-8H2,1-2H3,(H,16,17,18)/t10?,11?,12-/m0/s1. The molecule has 102 valence electrons. The number of imide groups is 1. The lowest BCUT2D eigenvalue weighted by atomic mass is 9.73. The first-order valence-corrected chi connectivity index (χ1v) is 7.16. The Balaban J connectivity index is 1.86. The van der Waals surface area contributed by atoms with Crippen LogP contribution in [0, 0.1) is 17.8 Å². The van der Waals surface area contributed by atoms with E-state index in [1.54, 1.807) is 13.8 Å². The van der Waals surface area contributed by atoms with Gasteiger partial charge in [0.05, 0.1) is 6.04 Å². The number of nitrogens with one attached hydrogen (secondary N) is 2. The Hall–Kier alpha value is -0.900. The van der Waals surface area contributed by atoms with E-state index in [1.807, 2.05) is 0 Å². The zero-order valence-corrected chi connectivity index (χ0v) is 11.4. The van der Waals surface area contributed by atoms with Crippen LogP contribution in [0.4, 0.5) is 0 Å². The molecule has 2 aliphatic rings. The summed E-state index contributed by atoms with van der Waals surface area (Å²) < 4.78 is 0. The second-order valence-electron chi connectivity index (χ2n) is 6.01. The fraction of sp³-hybridized carbons (Fsp3) is 0.857. The molecule has 1 aliphatic carbocycles. The summed E-state index contributed by atoms with van der Waals surface area (Å²) in [6, 6.07) is -0.174. The van der Waals surface area contributed by atoms with Gasteiger partial charge in [-0.05, 0) is 31.2 Å². The van der Waals surface area contributed by atoms with Crippen molar-refractivity contribution in [1.82, 2.24) is 10.6 Å². The van der Waals surface area contributed by atoms with Gasteiger partial charge in [-0.1, -0.05) is 33.1 Å². The Morgan fingerprint density at radius 3 is 2.50 bits per heavy atom. The molecule has 1 aliphatic heterocycles. The van der Waals surface area contributed by atoms with Crippen LogP contribution >= 0.6 is 0 Å². The molecule has 0 radical (unpaired) electrons. The highest BCUT2D eigenvalue weighted by Gasteiger charge is 2.35. The second-order valence-corrected chi connectivity index (χ2v) is 6.01. The zero-order valence-electron chi connectivity index (χ0n) is 11.4. The maximum absolute atomic E-state index is 12.0. The van der Waals surface area contributed by atoms with Crippen LogP contribution in [0.5, 0.6) is 0 Å². The van der Waals surface area contributed by atoms with Crippen molar-refractivity contribution in [2.24, 2.45) is 17.8 Å². The number of carbonyl (C=O) groups excluding carboxylic acids is 2. The van der Waals surface area contributed by atoms with Gasteiger partial charge < -0.3 is 5.32 Å². The molecule has 1 saturated carbocycles. The minimum Gasteiger partial charge on any atom is -0.306 e. The van der Waals surface area contributed by atoms with Gasteiger partial charge in [-0.3, -0.25) is 14.9 Å². The Kier molecular flexibility index (Phi) is 4.38. The molecule has 18 heavy (non-hydrogen) atoms. The fourth-order valence-electron chi connectivity index (χ4n) is 3.10. The van der Waals surface area contributed by atoms with Crippen molar-refractivity contribution < 1.29 is 9.59 Å². The van der Waals surface area contributed by atoms with Crippen molar-refractivity contribution in [1.29, 1.82) is 0 Å². The van der Waals surface area contributed by atoms with E-state index in [9.17, 15) is 9.59 Å². The van der Waals surface area contributed by atoms with E-state index < -0.39 is 0 Å².